The fourth-order valence-electron chi connectivity index (χ4n) is 1.41. The number of hydrogen-bond donors (Lipinski definition) is 1. The third-order valence-electron chi connectivity index (χ3n) is 2.33. The maximum absolute atomic E-state index is 13.6. The van der Waals surface area contributed by atoms with Crippen molar-refractivity contribution in [1.29, 1.82) is 0 Å². The minimum absolute atomic E-state index is 0.167. The van der Waals surface area contributed by atoms with Crippen molar-refractivity contribution in [2.45, 2.75) is 4.90 Å². The first-order valence-electron chi connectivity index (χ1n) is 5.37. The summed E-state index contributed by atoms with van der Waals surface area (Å²) >= 11 is 8.63. The van der Waals surface area contributed by atoms with Gasteiger partial charge in [-0.2, -0.15) is 4.99 Å². The Labute approximate surface area is 121 Å². The predicted octanol–water partition coefficient (Wildman–Crippen LogP) is 4.25. The lowest BCUT2D eigenvalue weighted by molar-refractivity contribution is 0.629. The summed E-state index contributed by atoms with van der Waals surface area (Å²) in [5.74, 6) is 5.37. The molecular weight excluding hydrogens is 277 g/mol. The van der Waals surface area contributed by atoms with E-state index in [0.717, 1.165) is 10.5 Å². The molecule has 0 aliphatic heterocycles. The van der Waals surface area contributed by atoms with E-state index in [-0.39, 0.29) is 5.69 Å². The third kappa shape index (κ3) is 3.77. The average Bonchev–Trinajstić information content (AvgIpc) is 2.41. The molecule has 1 nitrogen and oxygen atoms in total. The van der Waals surface area contributed by atoms with Gasteiger partial charge in [-0.1, -0.05) is 11.8 Å². The van der Waals surface area contributed by atoms with Crippen molar-refractivity contribution in [2.75, 3.05) is 0 Å². The first kappa shape index (κ1) is 13.5. The van der Waals surface area contributed by atoms with Crippen molar-refractivity contribution in [1.82, 2.24) is 0 Å². The predicted molar refractivity (Wildman–Crippen MR) is 80.8 cm³/mol. The molecule has 19 heavy (non-hydrogen) atoms. The first-order chi connectivity index (χ1) is 9.19. The van der Waals surface area contributed by atoms with Gasteiger partial charge in [0.1, 0.15) is 5.69 Å². The molecule has 2 aromatic rings. The normalized spacial score (nSPS) is 9.16. The Morgan fingerprint density at radius 3 is 2.26 bits per heavy atom. The summed E-state index contributed by atoms with van der Waals surface area (Å²) in [7, 11) is 0. The van der Waals surface area contributed by atoms with Crippen LogP contribution >= 0.6 is 24.8 Å². The van der Waals surface area contributed by atoms with Crippen LogP contribution in [0.3, 0.4) is 0 Å². The van der Waals surface area contributed by atoms with Crippen LogP contribution in [0.15, 0.2) is 52.4 Å². The summed E-state index contributed by atoms with van der Waals surface area (Å²) in [6.07, 6.45) is 0. The Kier molecular flexibility index (Phi) is 4.48. The second-order valence-electron chi connectivity index (χ2n) is 3.67. The van der Waals surface area contributed by atoms with E-state index in [2.05, 4.69) is 46.8 Å². The highest BCUT2D eigenvalue weighted by atomic mass is 32.1. The second-order valence-corrected chi connectivity index (χ2v) is 4.37. The molecule has 0 bridgehead atoms. The molecule has 0 N–H and O–H groups in total. The van der Waals surface area contributed by atoms with Crippen molar-refractivity contribution < 1.29 is 4.39 Å². The zero-order valence-corrected chi connectivity index (χ0v) is 11.4. The van der Waals surface area contributed by atoms with E-state index in [1.807, 2.05) is 24.3 Å². The van der Waals surface area contributed by atoms with Gasteiger partial charge >= 0.3 is 0 Å². The van der Waals surface area contributed by atoms with E-state index >= 15 is 0 Å². The lowest BCUT2D eigenvalue weighted by atomic mass is 10.1. The zero-order valence-electron chi connectivity index (χ0n) is 9.72. The van der Waals surface area contributed by atoms with Gasteiger partial charge in [0, 0.05) is 16.0 Å². The Bertz CT molecular complexity index is 705. The molecule has 0 saturated heterocycles. The summed E-state index contributed by atoms with van der Waals surface area (Å²) in [4.78, 5) is 4.48. The summed E-state index contributed by atoms with van der Waals surface area (Å²) < 4.78 is 13.6. The van der Waals surface area contributed by atoms with Crippen LogP contribution in [0.4, 0.5) is 10.1 Å². The molecule has 0 atom stereocenters. The number of benzene rings is 2. The molecule has 0 heterocycles. The molecular formula is C15H8FNS2. The van der Waals surface area contributed by atoms with Crippen LogP contribution in [0.2, 0.25) is 0 Å². The first-order valence-corrected chi connectivity index (χ1v) is 6.23. The van der Waals surface area contributed by atoms with Gasteiger partial charge in [-0.15, -0.1) is 12.6 Å². The highest BCUT2D eigenvalue weighted by Gasteiger charge is 2.00. The Hall–Kier alpha value is -1.92. The van der Waals surface area contributed by atoms with Crippen molar-refractivity contribution in [3.8, 4) is 11.8 Å². The van der Waals surface area contributed by atoms with Crippen LogP contribution in [-0.2, 0) is 0 Å². The Morgan fingerprint density at radius 1 is 1.00 bits per heavy atom. The molecule has 0 spiro atoms. The number of rotatable bonds is 1. The SMILES string of the molecule is Fc1cc(C#Cc2ccc(S)cc2)ccc1N=C=S. The number of hydrogen-bond acceptors (Lipinski definition) is 3. The van der Waals surface area contributed by atoms with Crippen LogP contribution in [0.1, 0.15) is 11.1 Å². The van der Waals surface area contributed by atoms with Crippen LogP contribution < -0.4 is 0 Å². The number of aliphatic imine (C=N–C) groups is 1. The van der Waals surface area contributed by atoms with E-state index in [0.29, 0.717) is 5.56 Å². The van der Waals surface area contributed by atoms with Crippen molar-refractivity contribution in [3.63, 3.8) is 0 Å². The zero-order chi connectivity index (χ0) is 13.7. The fraction of sp³-hybridized carbons (Fsp3) is 0. The molecule has 4 heteroatoms. The number of thiol groups is 1. The highest BCUT2D eigenvalue weighted by Crippen LogP contribution is 2.18. The summed E-state index contributed by atoms with van der Waals surface area (Å²) in [6, 6.07) is 12.0. The molecule has 0 aliphatic carbocycles. The molecule has 0 aliphatic rings. The summed E-state index contributed by atoms with van der Waals surface area (Å²) in [5, 5.41) is 2.13. The van der Waals surface area contributed by atoms with E-state index < -0.39 is 5.82 Å². The number of thiocarbonyl (C=S) groups is 1. The van der Waals surface area contributed by atoms with E-state index in [1.54, 1.807) is 6.07 Å². The van der Waals surface area contributed by atoms with Gasteiger partial charge < -0.3 is 0 Å². The smallest absolute Gasteiger partial charge is 0.150 e. The van der Waals surface area contributed by atoms with Crippen molar-refractivity contribution in [2.24, 2.45) is 4.99 Å². The number of halogens is 1. The molecule has 2 aromatic carbocycles. The van der Waals surface area contributed by atoms with Crippen LogP contribution in [0.5, 0.6) is 0 Å². The van der Waals surface area contributed by atoms with Gasteiger partial charge in [0.05, 0.1) is 5.16 Å². The highest BCUT2D eigenvalue weighted by molar-refractivity contribution is 7.80. The number of isothiocyanates is 1. The van der Waals surface area contributed by atoms with E-state index in [1.165, 1.54) is 12.1 Å². The van der Waals surface area contributed by atoms with Gasteiger partial charge in [0.25, 0.3) is 0 Å². The molecule has 0 radical (unpaired) electrons. The molecule has 0 fully saturated rings. The van der Waals surface area contributed by atoms with Gasteiger partial charge in [-0.05, 0) is 54.7 Å². The van der Waals surface area contributed by atoms with Gasteiger partial charge in [-0.3, -0.25) is 0 Å². The summed E-state index contributed by atoms with van der Waals surface area (Å²) in [6.45, 7) is 0. The van der Waals surface area contributed by atoms with Gasteiger partial charge in [0.15, 0.2) is 5.82 Å². The monoisotopic (exact) mass is 285 g/mol. The largest absolute Gasteiger partial charge is 0.205 e. The van der Waals surface area contributed by atoms with E-state index in [4.69, 9.17) is 0 Å². The standard InChI is InChI=1S/C15H8FNS2/c16-14-9-12(5-8-15(14)17-10-18)2-1-11-3-6-13(19)7-4-11/h3-9,19H. The van der Waals surface area contributed by atoms with Gasteiger partial charge in [-0.25, -0.2) is 4.39 Å². The molecule has 0 saturated carbocycles. The Balaban J connectivity index is 2.27. The quantitative estimate of drug-likeness (QED) is 0.357. The molecule has 92 valence electrons. The summed E-state index contributed by atoms with van der Waals surface area (Å²) in [5.41, 5.74) is 1.59. The third-order valence-corrected chi connectivity index (χ3v) is 2.72. The Morgan fingerprint density at radius 2 is 1.63 bits per heavy atom. The lowest BCUT2D eigenvalue weighted by Crippen LogP contribution is -1.80. The fourth-order valence-corrected chi connectivity index (χ4v) is 1.66. The lowest BCUT2D eigenvalue weighted by Gasteiger charge is -1.95. The van der Waals surface area contributed by atoms with Crippen LogP contribution in [-0.4, -0.2) is 5.16 Å². The number of nitrogens with zero attached hydrogens (tertiary/aromatic N) is 1. The topological polar surface area (TPSA) is 12.4 Å². The maximum atomic E-state index is 13.6. The second kappa shape index (κ2) is 6.31. The van der Waals surface area contributed by atoms with E-state index in [9.17, 15) is 4.39 Å². The maximum Gasteiger partial charge on any atom is 0.150 e. The molecule has 0 unspecified atom stereocenters. The minimum atomic E-state index is -0.463. The average molecular weight is 285 g/mol. The van der Waals surface area contributed by atoms with Crippen molar-refractivity contribution >= 4 is 35.7 Å². The molecule has 2 rings (SSSR count). The molecule has 0 amide bonds. The van der Waals surface area contributed by atoms with Crippen LogP contribution in [0.25, 0.3) is 0 Å². The molecule has 0 aromatic heterocycles. The van der Waals surface area contributed by atoms with Crippen molar-refractivity contribution in [3.05, 3.63) is 59.4 Å². The minimum Gasteiger partial charge on any atom is -0.205 e. The van der Waals surface area contributed by atoms with Crippen LogP contribution in [0, 0.1) is 17.7 Å². The van der Waals surface area contributed by atoms with Gasteiger partial charge in [0.2, 0.25) is 0 Å².